The second-order valence-electron chi connectivity index (χ2n) is 14.5. The van der Waals surface area contributed by atoms with Gasteiger partial charge in [-0.2, -0.15) is 19.1 Å². The van der Waals surface area contributed by atoms with Gasteiger partial charge >= 0.3 is 0 Å². The fourth-order valence-corrected chi connectivity index (χ4v) is 12.5. The first kappa shape index (κ1) is 46.7. The van der Waals surface area contributed by atoms with E-state index >= 15 is 0 Å². The number of thiazole rings is 2. The van der Waals surface area contributed by atoms with Gasteiger partial charge in [0.05, 0.1) is 46.5 Å². The van der Waals surface area contributed by atoms with Crippen LogP contribution >= 0.6 is 45.9 Å². The number of halogens is 2. The average Bonchev–Trinajstić information content (AvgIpc) is 4.00. The van der Waals surface area contributed by atoms with Crippen LogP contribution in [0.1, 0.15) is 33.6 Å². The molecule has 4 aromatic carbocycles. The third-order valence-corrected chi connectivity index (χ3v) is 17.0. The molecule has 2 aliphatic rings. The Balaban J connectivity index is 0.000000192. The van der Waals surface area contributed by atoms with Crippen LogP contribution in [-0.2, 0) is 32.9 Å². The van der Waals surface area contributed by atoms with E-state index in [9.17, 15) is 27.4 Å². The predicted molar refractivity (Wildman–Crippen MR) is 250 cm³/mol. The van der Waals surface area contributed by atoms with Crippen molar-refractivity contribution in [2.75, 3.05) is 76.4 Å². The Hall–Kier alpha value is -5.28. The first-order valence-electron chi connectivity index (χ1n) is 19.9. The highest BCUT2D eigenvalue weighted by atomic mass is 35.5. The average molecular weight is 978 g/mol. The van der Waals surface area contributed by atoms with Crippen molar-refractivity contribution in [1.29, 1.82) is 10.5 Å². The Bertz CT molecular complexity index is 2920. The quantitative estimate of drug-likeness (QED) is 0.118. The largest absolute Gasteiger partial charge is 0.497 e. The highest BCUT2D eigenvalue weighted by molar-refractivity contribution is 7.89. The number of aromatic nitrogens is 2. The lowest BCUT2D eigenvalue weighted by Crippen LogP contribution is -2.48. The van der Waals surface area contributed by atoms with Crippen LogP contribution in [0.15, 0.2) is 105 Å². The summed E-state index contributed by atoms with van der Waals surface area (Å²) in [7, 11) is -4.18. The van der Waals surface area contributed by atoms with Gasteiger partial charge in [-0.1, -0.05) is 59.6 Å². The standard InChI is InChI=1S/C23H24N4O4S2.C21H18Cl2N4O2S2/c1-30-20-8-7-17(21(14-20)31-2)13-19-16-32-23(25-19)26-9-11-27(12-10-26)33(28,29)22-6-4-3-5-18(22)15-24;22-17-6-5-15(19(23)12-17)11-18-14-30-21(25-18)26-7-9-27(10-8-26)31(28,29)20-4-2-1-3-16(20)13-24/h3-8,14,16H,9-13H2,1-2H3;1-6,12,14H,7-11H2. The topological polar surface area (TPSA) is 173 Å². The fourth-order valence-electron chi connectivity index (χ4n) is 7.18. The van der Waals surface area contributed by atoms with E-state index in [1.807, 2.05) is 47.2 Å². The number of benzene rings is 4. The van der Waals surface area contributed by atoms with Gasteiger partial charge in [-0.3, -0.25) is 0 Å². The molecule has 0 radical (unpaired) electrons. The van der Waals surface area contributed by atoms with E-state index in [-0.39, 0.29) is 20.9 Å². The van der Waals surface area contributed by atoms with Gasteiger partial charge in [-0.15, -0.1) is 22.7 Å². The maximum absolute atomic E-state index is 13.0. The molecule has 2 aliphatic heterocycles. The minimum atomic E-state index is -3.72. The maximum Gasteiger partial charge on any atom is 0.244 e. The lowest BCUT2D eigenvalue weighted by molar-refractivity contribution is 0.384. The SMILES string of the molecule is COc1ccc(Cc2csc(N3CCN(S(=O)(=O)c4ccccc4C#N)CC3)n2)c(OC)c1.N#Cc1ccccc1S(=O)(=O)N1CCN(c2nc(Cc3ccc(Cl)cc3Cl)cs2)CC1. The van der Waals surface area contributed by atoms with Crippen molar-refractivity contribution in [1.82, 2.24) is 18.6 Å². The molecule has 64 heavy (non-hydrogen) atoms. The van der Waals surface area contributed by atoms with E-state index in [0.717, 1.165) is 44.3 Å². The minimum absolute atomic E-state index is 0.0577. The van der Waals surface area contributed by atoms with Gasteiger partial charge in [0.2, 0.25) is 20.0 Å². The summed E-state index contributed by atoms with van der Waals surface area (Å²) in [5, 5.41) is 25.5. The smallest absolute Gasteiger partial charge is 0.244 e. The van der Waals surface area contributed by atoms with Gasteiger partial charge in [-0.25, -0.2) is 26.8 Å². The molecule has 0 spiro atoms. The molecule has 332 valence electrons. The van der Waals surface area contributed by atoms with Crippen molar-refractivity contribution in [3.8, 4) is 23.6 Å². The number of nitrogens with zero attached hydrogens (tertiary/aromatic N) is 8. The predicted octanol–water partition coefficient (Wildman–Crippen LogP) is 7.56. The minimum Gasteiger partial charge on any atom is -0.497 e. The number of rotatable bonds is 12. The highest BCUT2D eigenvalue weighted by Crippen LogP contribution is 2.31. The normalized spacial score (nSPS) is 14.8. The van der Waals surface area contributed by atoms with Crippen LogP contribution < -0.4 is 19.3 Å². The van der Waals surface area contributed by atoms with Gasteiger partial charge in [-0.05, 0) is 48.0 Å². The molecule has 2 fully saturated rings. The van der Waals surface area contributed by atoms with Gasteiger partial charge < -0.3 is 19.3 Å². The lowest BCUT2D eigenvalue weighted by atomic mass is 10.1. The summed E-state index contributed by atoms with van der Waals surface area (Å²) in [5.74, 6) is 1.49. The van der Waals surface area contributed by atoms with Crippen molar-refractivity contribution in [3.05, 3.63) is 139 Å². The summed E-state index contributed by atoms with van der Waals surface area (Å²) in [6.07, 6.45) is 1.23. The molecule has 4 heterocycles. The molecule has 6 aromatic rings. The zero-order valence-corrected chi connectivity index (χ0v) is 39.5. The van der Waals surface area contributed by atoms with Gasteiger partial charge in [0, 0.05) is 97.6 Å². The number of hydrogen-bond acceptors (Lipinski definition) is 14. The molecule has 20 heteroatoms. The maximum atomic E-state index is 13.0. The van der Waals surface area contributed by atoms with Gasteiger partial charge in [0.1, 0.15) is 23.6 Å². The molecule has 14 nitrogen and oxygen atoms in total. The number of sulfonamides is 2. The molecular weight excluding hydrogens is 936 g/mol. The number of nitriles is 2. The Kier molecular flexibility index (Phi) is 15.1. The van der Waals surface area contributed by atoms with Crippen LogP contribution in [0, 0.1) is 22.7 Å². The number of piperazine rings is 2. The van der Waals surface area contributed by atoms with Crippen LogP contribution in [0.4, 0.5) is 10.3 Å². The highest BCUT2D eigenvalue weighted by Gasteiger charge is 2.32. The zero-order valence-electron chi connectivity index (χ0n) is 34.7. The molecule has 0 atom stereocenters. The molecule has 0 saturated carbocycles. The Morgan fingerprint density at radius 2 is 1.09 bits per heavy atom. The third kappa shape index (κ3) is 10.6. The second-order valence-corrected chi connectivity index (χ2v) is 20.8. The van der Waals surface area contributed by atoms with E-state index in [4.69, 9.17) is 42.6 Å². The summed E-state index contributed by atoms with van der Waals surface area (Å²) >= 11 is 15.3. The first-order valence-corrected chi connectivity index (χ1v) is 25.3. The number of methoxy groups -OCH3 is 2. The van der Waals surface area contributed by atoms with E-state index in [1.54, 1.807) is 62.0 Å². The Morgan fingerprint density at radius 3 is 1.55 bits per heavy atom. The van der Waals surface area contributed by atoms with Crippen LogP contribution in [0.5, 0.6) is 11.5 Å². The van der Waals surface area contributed by atoms with Crippen molar-refractivity contribution in [3.63, 3.8) is 0 Å². The first-order chi connectivity index (χ1) is 30.8. The van der Waals surface area contributed by atoms with E-state index in [0.29, 0.717) is 75.2 Å². The molecule has 2 aromatic heterocycles. The summed E-state index contributed by atoms with van der Waals surface area (Å²) in [6, 6.07) is 27.7. The molecule has 0 bridgehead atoms. The summed E-state index contributed by atoms with van der Waals surface area (Å²) < 4.78 is 65.7. The molecular formula is C44H42Cl2N8O6S4. The van der Waals surface area contributed by atoms with Crippen molar-refractivity contribution in [2.24, 2.45) is 0 Å². The van der Waals surface area contributed by atoms with Crippen LogP contribution in [0.3, 0.4) is 0 Å². The van der Waals surface area contributed by atoms with Gasteiger partial charge in [0.25, 0.3) is 0 Å². The molecule has 2 saturated heterocycles. The van der Waals surface area contributed by atoms with E-state index < -0.39 is 20.0 Å². The van der Waals surface area contributed by atoms with Crippen LogP contribution in [-0.4, -0.2) is 102 Å². The summed E-state index contributed by atoms with van der Waals surface area (Å²) in [4.78, 5) is 13.8. The zero-order chi connectivity index (χ0) is 45.4. The molecule has 0 amide bonds. The fraction of sp³-hybridized carbons (Fsp3) is 0.273. The van der Waals surface area contributed by atoms with Crippen LogP contribution in [0.2, 0.25) is 10.0 Å². The van der Waals surface area contributed by atoms with E-state index in [2.05, 4.69) is 9.80 Å². The number of hydrogen-bond donors (Lipinski definition) is 0. The monoisotopic (exact) mass is 976 g/mol. The Labute approximate surface area is 391 Å². The van der Waals surface area contributed by atoms with Crippen LogP contribution in [0.25, 0.3) is 0 Å². The van der Waals surface area contributed by atoms with E-state index in [1.165, 1.54) is 44.2 Å². The molecule has 8 rings (SSSR count). The second kappa shape index (κ2) is 20.7. The van der Waals surface area contributed by atoms with Crippen molar-refractivity contribution in [2.45, 2.75) is 22.6 Å². The van der Waals surface area contributed by atoms with Crippen molar-refractivity contribution >= 4 is 76.2 Å². The van der Waals surface area contributed by atoms with Gasteiger partial charge in [0.15, 0.2) is 10.3 Å². The lowest BCUT2D eigenvalue weighted by Gasteiger charge is -2.33. The molecule has 0 unspecified atom stereocenters. The summed E-state index contributed by atoms with van der Waals surface area (Å²) in [5.41, 5.74) is 4.13. The summed E-state index contributed by atoms with van der Waals surface area (Å²) in [6.45, 7) is 3.47. The Morgan fingerprint density at radius 1 is 0.625 bits per heavy atom. The number of ether oxygens (including phenoxy) is 2. The molecule has 0 aliphatic carbocycles. The number of anilines is 2. The van der Waals surface area contributed by atoms with Crippen molar-refractivity contribution < 1.29 is 26.3 Å². The molecule has 0 N–H and O–H groups in total. The third-order valence-electron chi connectivity index (χ3n) is 10.6.